The van der Waals surface area contributed by atoms with Gasteiger partial charge in [0, 0.05) is 18.7 Å². The Balaban J connectivity index is 4.89. The fraction of sp³-hybridized carbons (Fsp3) is 0.611. The molecule has 11 nitrogen and oxygen atoms in total. The first-order valence-electron chi connectivity index (χ1n) is 9.27. The van der Waals surface area contributed by atoms with E-state index in [1.54, 1.807) is 0 Å². The highest BCUT2D eigenvalue weighted by atomic mass is 32.2. The Bertz CT molecular complexity index is 661. The van der Waals surface area contributed by atoms with Crippen molar-refractivity contribution in [3.05, 3.63) is 12.2 Å². The van der Waals surface area contributed by atoms with Gasteiger partial charge in [-0.05, 0) is 36.9 Å². The number of carbonyl (C=O) groups is 5. The minimum absolute atomic E-state index is 0.238. The third-order valence-electron chi connectivity index (χ3n) is 3.87. The van der Waals surface area contributed by atoms with Crippen molar-refractivity contribution in [2.24, 2.45) is 5.73 Å². The maximum Gasteiger partial charge on any atom is 0.330 e. The van der Waals surface area contributed by atoms with Crippen LogP contribution in [-0.4, -0.2) is 90.6 Å². The number of hydrogen-bond donors (Lipinski definition) is 5. The van der Waals surface area contributed by atoms with Gasteiger partial charge in [0.2, 0.25) is 17.7 Å². The number of carboxylic acid groups (broad SMARTS) is 1. The molecule has 0 spiro atoms. The lowest BCUT2D eigenvalue weighted by Gasteiger charge is -2.22. The summed E-state index contributed by atoms with van der Waals surface area (Å²) in [5.41, 5.74) is 5.76. The Morgan fingerprint density at radius 3 is 2.03 bits per heavy atom. The lowest BCUT2D eigenvalue weighted by atomic mass is 10.1. The molecule has 0 aromatic heterocycles. The van der Waals surface area contributed by atoms with Crippen LogP contribution >= 0.6 is 23.5 Å². The minimum atomic E-state index is -1.16. The Hall–Kier alpha value is -2.25. The molecule has 0 heterocycles. The lowest BCUT2D eigenvalue weighted by molar-refractivity contribution is -0.142. The minimum Gasteiger partial charge on any atom is -0.480 e. The van der Waals surface area contributed by atoms with Crippen LogP contribution in [0.2, 0.25) is 0 Å². The predicted molar refractivity (Wildman–Crippen MR) is 120 cm³/mol. The number of rotatable bonds is 15. The molecule has 31 heavy (non-hydrogen) atoms. The molecule has 6 N–H and O–H groups in total. The molecule has 3 atom stereocenters. The van der Waals surface area contributed by atoms with Crippen LogP contribution in [0, 0.1) is 0 Å². The van der Waals surface area contributed by atoms with Gasteiger partial charge in [-0.1, -0.05) is 0 Å². The molecular formula is C18H30N4O7S2. The highest BCUT2D eigenvalue weighted by Gasteiger charge is 2.27. The van der Waals surface area contributed by atoms with Crippen molar-refractivity contribution < 1.29 is 33.8 Å². The van der Waals surface area contributed by atoms with E-state index >= 15 is 0 Å². The van der Waals surface area contributed by atoms with Crippen LogP contribution in [0.4, 0.5) is 0 Å². The van der Waals surface area contributed by atoms with E-state index in [-0.39, 0.29) is 19.4 Å². The van der Waals surface area contributed by atoms with Crippen molar-refractivity contribution in [1.29, 1.82) is 0 Å². The summed E-state index contributed by atoms with van der Waals surface area (Å²) in [6.45, 7) is -0.238. The van der Waals surface area contributed by atoms with Gasteiger partial charge in [-0.15, -0.1) is 0 Å². The number of carboxylic acids is 1. The number of nitrogens with two attached hydrogens (primary N) is 1. The summed E-state index contributed by atoms with van der Waals surface area (Å²) in [5.74, 6) is -2.72. The SMILES string of the molecule is COC(=O)/C=C/C(=O)NC[C@H](N)C(=O)N[C@H](CCSC)C(=O)N[C@H](CCSC)C(=O)O. The van der Waals surface area contributed by atoms with Crippen molar-refractivity contribution in [2.75, 3.05) is 37.7 Å². The summed E-state index contributed by atoms with van der Waals surface area (Å²) in [6.07, 6.45) is 6.03. The smallest absolute Gasteiger partial charge is 0.330 e. The molecule has 0 radical (unpaired) electrons. The first-order valence-corrected chi connectivity index (χ1v) is 12.1. The van der Waals surface area contributed by atoms with E-state index < -0.39 is 47.8 Å². The van der Waals surface area contributed by atoms with Gasteiger partial charge in [-0.25, -0.2) is 9.59 Å². The number of hydrogen-bond acceptors (Lipinski definition) is 9. The normalized spacial score (nSPS) is 13.7. The van der Waals surface area contributed by atoms with Crippen LogP contribution in [0.5, 0.6) is 0 Å². The van der Waals surface area contributed by atoms with Crippen molar-refractivity contribution in [1.82, 2.24) is 16.0 Å². The number of esters is 1. The van der Waals surface area contributed by atoms with E-state index in [0.717, 1.165) is 19.3 Å². The summed E-state index contributed by atoms with van der Waals surface area (Å²) in [5, 5.41) is 16.6. The molecule has 0 aliphatic heterocycles. The van der Waals surface area contributed by atoms with E-state index in [0.29, 0.717) is 11.5 Å². The summed E-state index contributed by atoms with van der Waals surface area (Å²) in [6, 6.07) is -3.20. The number of amides is 3. The summed E-state index contributed by atoms with van der Waals surface area (Å²) in [7, 11) is 1.16. The first kappa shape index (κ1) is 28.8. The second-order valence-electron chi connectivity index (χ2n) is 6.23. The van der Waals surface area contributed by atoms with Crippen molar-refractivity contribution >= 4 is 53.2 Å². The van der Waals surface area contributed by atoms with Gasteiger partial charge in [0.25, 0.3) is 0 Å². The molecule has 3 amide bonds. The van der Waals surface area contributed by atoms with Crippen LogP contribution in [0.1, 0.15) is 12.8 Å². The molecule has 0 aromatic carbocycles. The Morgan fingerprint density at radius 1 is 0.968 bits per heavy atom. The largest absolute Gasteiger partial charge is 0.480 e. The third-order valence-corrected chi connectivity index (χ3v) is 5.16. The molecule has 0 bridgehead atoms. The van der Waals surface area contributed by atoms with Crippen LogP contribution in [0.3, 0.4) is 0 Å². The van der Waals surface area contributed by atoms with Gasteiger partial charge in [-0.2, -0.15) is 23.5 Å². The zero-order valence-electron chi connectivity index (χ0n) is 17.7. The van der Waals surface area contributed by atoms with Crippen LogP contribution < -0.4 is 21.7 Å². The Morgan fingerprint density at radius 2 is 1.52 bits per heavy atom. The first-order chi connectivity index (χ1) is 14.7. The Labute approximate surface area is 189 Å². The van der Waals surface area contributed by atoms with Crippen molar-refractivity contribution in [3.63, 3.8) is 0 Å². The summed E-state index contributed by atoms with van der Waals surface area (Å²) >= 11 is 2.92. The molecule has 0 fully saturated rings. The van der Waals surface area contributed by atoms with Gasteiger partial charge in [0.15, 0.2) is 0 Å². The molecule has 0 rings (SSSR count). The maximum atomic E-state index is 12.6. The van der Waals surface area contributed by atoms with Crippen molar-refractivity contribution in [2.45, 2.75) is 31.0 Å². The van der Waals surface area contributed by atoms with E-state index in [9.17, 15) is 29.1 Å². The standard InChI is InChI=1S/C18H30N4O7S2/c1-29-15(24)5-4-14(23)20-10-11(19)16(25)21-12(6-8-30-2)17(26)22-13(18(27)28)7-9-31-3/h4-5,11-13H,6-10,19H2,1-3H3,(H,20,23)(H,21,25)(H,22,26)(H,27,28)/b5-4+/t11-,12+,13+/m0/s1. The Kier molecular flexibility index (Phi) is 15.3. The molecule has 13 heteroatoms. The van der Waals surface area contributed by atoms with E-state index in [2.05, 4.69) is 20.7 Å². The fourth-order valence-corrected chi connectivity index (χ4v) is 3.07. The highest BCUT2D eigenvalue weighted by molar-refractivity contribution is 7.98. The molecular weight excluding hydrogens is 448 g/mol. The van der Waals surface area contributed by atoms with Gasteiger partial charge in [-0.3, -0.25) is 14.4 Å². The molecule has 0 unspecified atom stereocenters. The van der Waals surface area contributed by atoms with Gasteiger partial charge >= 0.3 is 11.9 Å². The molecule has 0 aliphatic carbocycles. The van der Waals surface area contributed by atoms with Crippen LogP contribution in [0.25, 0.3) is 0 Å². The van der Waals surface area contributed by atoms with Gasteiger partial charge in [0.1, 0.15) is 18.1 Å². The zero-order valence-corrected chi connectivity index (χ0v) is 19.3. The van der Waals surface area contributed by atoms with Crippen LogP contribution in [0.15, 0.2) is 12.2 Å². The number of nitrogens with one attached hydrogen (secondary N) is 3. The monoisotopic (exact) mass is 478 g/mol. The average molecular weight is 479 g/mol. The van der Waals surface area contributed by atoms with E-state index in [1.807, 2.05) is 12.5 Å². The number of thioether (sulfide) groups is 2. The number of aliphatic carboxylic acids is 1. The second-order valence-corrected chi connectivity index (χ2v) is 8.20. The molecule has 0 aliphatic rings. The summed E-state index contributed by atoms with van der Waals surface area (Å²) in [4.78, 5) is 58.8. The molecule has 0 saturated heterocycles. The average Bonchev–Trinajstić information content (AvgIpc) is 2.75. The third kappa shape index (κ3) is 12.9. The molecule has 0 aromatic rings. The predicted octanol–water partition coefficient (Wildman–Crippen LogP) is -1.28. The van der Waals surface area contributed by atoms with Gasteiger partial charge in [0.05, 0.1) is 7.11 Å². The number of ether oxygens (including phenoxy) is 1. The maximum absolute atomic E-state index is 12.6. The highest BCUT2D eigenvalue weighted by Crippen LogP contribution is 2.05. The number of methoxy groups -OCH3 is 1. The zero-order chi connectivity index (χ0) is 23.8. The van der Waals surface area contributed by atoms with Gasteiger partial charge < -0.3 is 31.5 Å². The second kappa shape index (κ2) is 16.4. The quantitative estimate of drug-likeness (QED) is 0.141. The van der Waals surface area contributed by atoms with Crippen molar-refractivity contribution in [3.8, 4) is 0 Å². The van der Waals surface area contributed by atoms with E-state index in [4.69, 9.17) is 5.73 Å². The van der Waals surface area contributed by atoms with Crippen LogP contribution in [-0.2, 0) is 28.7 Å². The number of carbonyl (C=O) groups excluding carboxylic acids is 4. The fourth-order valence-electron chi connectivity index (χ4n) is 2.12. The topological polar surface area (TPSA) is 177 Å². The summed E-state index contributed by atoms with van der Waals surface area (Å²) < 4.78 is 4.35. The van der Waals surface area contributed by atoms with E-state index in [1.165, 1.54) is 23.5 Å². The molecule has 0 saturated carbocycles. The lowest BCUT2D eigenvalue weighted by Crippen LogP contribution is -2.56. The molecule has 176 valence electrons.